The highest BCUT2D eigenvalue weighted by Gasteiger charge is 2.14. The largest absolute Gasteiger partial charge is 0.491 e. The van der Waals surface area contributed by atoms with Crippen LogP contribution in [0.4, 0.5) is 0 Å². The third kappa shape index (κ3) is 3.35. The van der Waals surface area contributed by atoms with Gasteiger partial charge in [-0.1, -0.05) is 0 Å². The molecule has 2 rings (SSSR count). The van der Waals surface area contributed by atoms with Gasteiger partial charge in [-0.25, -0.2) is 0 Å². The molecule has 0 saturated carbocycles. The van der Waals surface area contributed by atoms with E-state index in [1.54, 1.807) is 6.20 Å². The molecule has 1 aliphatic heterocycles. The smallest absolute Gasteiger partial charge is 0.122 e. The van der Waals surface area contributed by atoms with Gasteiger partial charge in [0.05, 0.1) is 17.7 Å². The first kappa shape index (κ1) is 11.7. The fourth-order valence-corrected chi connectivity index (χ4v) is 1.89. The Labute approximate surface area is 101 Å². The lowest BCUT2D eigenvalue weighted by Gasteiger charge is -2.22. The van der Waals surface area contributed by atoms with Crippen molar-refractivity contribution in [2.45, 2.75) is 31.2 Å². The molecule has 0 aliphatic carbocycles. The quantitative estimate of drug-likeness (QED) is 0.760. The van der Waals surface area contributed by atoms with Gasteiger partial charge in [0.25, 0.3) is 0 Å². The Morgan fingerprint density at radius 2 is 2.44 bits per heavy atom. The molecule has 16 heavy (non-hydrogen) atoms. The molecule has 0 N–H and O–H groups in total. The maximum atomic E-state index is 5.70. The first-order valence-corrected chi connectivity index (χ1v) is 6.17. The first-order valence-electron chi connectivity index (χ1n) is 5.64. The molecule has 1 atom stereocenters. The second kappa shape index (κ2) is 6.06. The normalized spacial score (nSPS) is 20.7. The highest BCUT2D eigenvalue weighted by molar-refractivity contribution is 6.16. The van der Waals surface area contributed by atoms with Gasteiger partial charge >= 0.3 is 0 Å². The molecule has 0 aromatic carbocycles. The lowest BCUT2D eigenvalue weighted by atomic mass is 10.1. The maximum absolute atomic E-state index is 5.70. The summed E-state index contributed by atoms with van der Waals surface area (Å²) in [6.07, 6.45) is 5.45. The summed E-state index contributed by atoms with van der Waals surface area (Å²) in [7, 11) is 0. The van der Waals surface area contributed by atoms with Crippen molar-refractivity contribution in [1.82, 2.24) is 4.98 Å². The minimum atomic E-state index is 0.237. The Kier molecular flexibility index (Phi) is 4.43. The van der Waals surface area contributed by atoms with Crippen LogP contribution in [0.5, 0.6) is 5.75 Å². The minimum absolute atomic E-state index is 0.237. The van der Waals surface area contributed by atoms with Crippen molar-refractivity contribution >= 4 is 11.6 Å². The predicted octanol–water partition coefficient (Wildman–Crippen LogP) is 2.77. The van der Waals surface area contributed by atoms with E-state index < -0.39 is 0 Å². The minimum Gasteiger partial charge on any atom is -0.491 e. The summed E-state index contributed by atoms with van der Waals surface area (Å²) in [4.78, 5) is 4.11. The van der Waals surface area contributed by atoms with Crippen molar-refractivity contribution in [3.8, 4) is 5.75 Å². The van der Waals surface area contributed by atoms with Crippen LogP contribution in [0.25, 0.3) is 0 Å². The summed E-state index contributed by atoms with van der Waals surface area (Å²) in [5, 5.41) is 0. The van der Waals surface area contributed by atoms with Crippen LogP contribution in [0.1, 0.15) is 25.0 Å². The van der Waals surface area contributed by atoms with E-state index in [9.17, 15) is 0 Å². The van der Waals surface area contributed by atoms with Gasteiger partial charge in [-0.05, 0) is 25.3 Å². The van der Waals surface area contributed by atoms with E-state index >= 15 is 0 Å². The van der Waals surface area contributed by atoms with Crippen LogP contribution in [0.15, 0.2) is 18.3 Å². The molecule has 0 radical (unpaired) electrons. The molecule has 1 fully saturated rings. The molecule has 0 amide bonds. The molecule has 2 heterocycles. The number of hydrogen-bond acceptors (Lipinski definition) is 3. The first-order chi connectivity index (χ1) is 7.88. The van der Waals surface area contributed by atoms with Crippen LogP contribution in [0.3, 0.4) is 0 Å². The van der Waals surface area contributed by atoms with Gasteiger partial charge in [0.15, 0.2) is 0 Å². The van der Waals surface area contributed by atoms with E-state index in [1.165, 1.54) is 12.8 Å². The fourth-order valence-electron chi connectivity index (χ4n) is 1.75. The van der Waals surface area contributed by atoms with E-state index in [1.807, 2.05) is 12.1 Å². The standard InChI is InChI=1S/C12H16ClNO2/c13-8-10-7-11(4-5-14-10)16-9-12-3-1-2-6-15-12/h4-5,7,12H,1-3,6,8-9H2. The molecule has 4 heteroatoms. The van der Waals surface area contributed by atoms with Crippen molar-refractivity contribution in [3.05, 3.63) is 24.0 Å². The molecule has 1 aromatic rings. The summed E-state index contributed by atoms with van der Waals surface area (Å²) >= 11 is 5.70. The Morgan fingerprint density at radius 3 is 3.19 bits per heavy atom. The molecular formula is C12H16ClNO2. The van der Waals surface area contributed by atoms with Gasteiger partial charge in [0, 0.05) is 18.9 Å². The molecule has 1 aromatic heterocycles. The van der Waals surface area contributed by atoms with Crippen LogP contribution in [-0.4, -0.2) is 24.3 Å². The lowest BCUT2D eigenvalue weighted by molar-refractivity contribution is -0.0111. The summed E-state index contributed by atoms with van der Waals surface area (Å²) < 4.78 is 11.3. The third-order valence-corrected chi connectivity index (χ3v) is 2.91. The second-order valence-electron chi connectivity index (χ2n) is 3.92. The zero-order valence-electron chi connectivity index (χ0n) is 9.19. The van der Waals surface area contributed by atoms with Crippen LogP contribution in [-0.2, 0) is 10.6 Å². The van der Waals surface area contributed by atoms with Crippen molar-refractivity contribution in [2.75, 3.05) is 13.2 Å². The number of alkyl halides is 1. The maximum Gasteiger partial charge on any atom is 0.122 e. The zero-order valence-corrected chi connectivity index (χ0v) is 9.95. The van der Waals surface area contributed by atoms with Crippen LogP contribution in [0, 0.1) is 0 Å². The van der Waals surface area contributed by atoms with E-state index in [-0.39, 0.29) is 6.10 Å². The number of rotatable bonds is 4. The van der Waals surface area contributed by atoms with Gasteiger partial charge in [-0.2, -0.15) is 0 Å². The van der Waals surface area contributed by atoms with Gasteiger partial charge < -0.3 is 9.47 Å². The van der Waals surface area contributed by atoms with E-state index in [0.717, 1.165) is 24.5 Å². The van der Waals surface area contributed by atoms with E-state index in [4.69, 9.17) is 21.1 Å². The average molecular weight is 242 g/mol. The van der Waals surface area contributed by atoms with Gasteiger partial charge in [-0.3, -0.25) is 4.98 Å². The Balaban J connectivity index is 1.83. The monoisotopic (exact) mass is 241 g/mol. The average Bonchev–Trinajstić information content (AvgIpc) is 2.38. The van der Waals surface area contributed by atoms with Crippen LogP contribution in [0.2, 0.25) is 0 Å². The molecule has 88 valence electrons. The highest BCUT2D eigenvalue weighted by Crippen LogP contribution is 2.16. The van der Waals surface area contributed by atoms with Crippen LogP contribution < -0.4 is 4.74 Å². The Hall–Kier alpha value is -0.800. The molecule has 0 spiro atoms. The topological polar surface area (TPSA) is 31.4 Å². The second-order valence-corrected chi connectivity index (χ2v) is 4.18. The number of pyridine rings is 1. The molecule has 1 unspecified atom stereocenters. The molecular weight excluding hydrogens is 226 g/mol. The summed E-state index contributed by atoms with van der Waals surface area (Å²) in [6, 6.07) is 3.72. The summed E-state index contributed by atoms with van der Waals surface area (Å²) in [5.74, 6) is 1.23. The Morgan fingerprint density at radius 1 is 1.50 bits per heavy atom. The number of ether oxygens (including phenoxy) is 2. The summed E-state index contributed by atoms with van der Waals surface area (Å²) in [5.41, 5.74) is 0.837. The fraction of sp³-hybridized carbons (Fsp3) is 0.583. The zero-order chi connectivity index (χ0) is 11.2. The predicted molar refractivity (Wildman–Crippen MR) is 62.9 cm³/mol. The lowest BCUT2D eigenvalue weighted by Crippen LogP contribution is -2.25. The highest BCUT2D eigenvalue weighted by atomic mass is 35.5. The number of hydrogen-bond donors (Lipinski definition) is 0. The van der Waals surface area contributed by atoms with E-state index in [0.29, 0.717) is 12.5 Å². The SMILES string of the molecule is ClCc1cc(OCC2CCCCO2)ccn1. The third-order valence-electron chi connectivity index (χ3n) is 2.63. The summed E-state index contributed by atoms with van der Waals surface area (Å²) in [6.45, 7) is 1.48. The van der Waals surface area contributed by atoms with Crippen LogP contribution >= 0.6 is 11.6 Å². The van der Waals surface area contributed by atoms with Crippen molar-refractivity contribution in [2.24, 2.45) is 0 Å². The van der Waals surface area contributed by atoms with Crippen molar-refractivity contribution < 1.29 is 9.47 Å². The number of aromatic nitrogens is 1. The number of nitrogens with zero attached hydrogens (tertiary/aromatic N) is 1. The van der Waals surface area contributed by atoms with E-state index in [2.05, 4.69) is 4.98 Å². The molecule has 1 aliphatic rings. The number of halogens is 1. The molecule has 1 saturated heterocycles. The van der Waals surface area contributed by atoms with Gasteiger partial charge in [-0.15, -0.1) is 11.6 Å². The van der Waals surface area contributed by atoms with Crippen molar-refractivity contribution in [3.63, 3.8) is 0 Å². The van der Waals surface area contributed by atoms with Crippen molar-refractivity contribution in [1.29, 1.82) is 0 Å². The van der Waals surface area contributed by atoms with Gasteiger partial charge in [0.1, 0.15) is 12.4 Å². The molecule has 3 nitrogen and oxygen atoms in total. The Bertz CT molecular complexity index is 327. The molecule has 0 bridgehead atoms. The van der Waals surface area contributed by atoms with Gasteiger partial charge in [0.2, 0.25) is 0 Å².